The lowest BCUT2D eigenvalue weighted by Crippen LogP contribution is -2.28. The third-order valence-corrected chi connectivity index (χ3v) is 3.82. The summed E-state index contributed by atoms with van der Waals surface area (Å²) in [7, 11) is -2.91. The molecule has 0 fully saturated rings. The summed E-state index contributed by atoms with van der Waals surface area (Å²) in [5, 5.41) is 13.0. The van der Waals surface area contributed by atoms with Gasteiger partial charge in [0, 0.05) is 29.3 Å². The number of non-ortho nitro benzene ring substituents is 1. The average Bonchev–Trinajstić information content (AvgIpc) is 2.27. The molecule has 0 heterocycles. The van der Waals surface area contributed by atoms with Crippen molar-refractivity contribution >= 4 is 21.4 Å². The van der Waals surface area contributed by atoms with Gasteiger partial charge in [0.1, 0.15) is 0 Å². The first kappa shape index (κ1) is 15.1. The molecule has 1 unspecified atom stereocenters. The molecule has 0 aliphatic carbocycles. The first-order valence-corrected chi connectivity index (χ1v) is 7.42. The van der Waals surface area contributed by atoms with E-state index in [9.17, 15) is 19.1 Å². The van der Waals surface area contributed by atoms with E-state index >= 15 is 0 Å². The second-order valence-corrected chi connectivity index (χ2v) is 6.51. The fourth-order valence-electron chi connectivity index (χ4n) is 1.30. The largest absolute Gasteiger partial charge is 0.349 e. The highest BCUT2D eigenvalue weighted by Crippen LogP contribution is 2.17. The van der Waals surface area contributed by atoms with Gasteiger partial charge in [0.25, 0.3) is 5.69 Å². The molecule has 1 atom stereocenters. The molecular formula is C11H15N3O4S. The number of benzene rings is 1. The molecule has 0 spiro atoms. The second-order valence-electron chi connectivity index (χ2n) is 4.25. The maximum atomic E-state index is 12.3. The Balaban J connectivity index is 3.06. The van der Waals surface area contributed by atoms with Crippen LogP contribution < -0.4 is 5.32 Å². The lowest BCUT2D eigenvalue weighted by atomic mass is 10.3. The van der Waals surface area contributed by atoms with Crippen LogP contribution in [0.2, 0.25) is 0 Å². The van der Waals surface area contributed by atoms with E-state index in [0.717, 1.165) is 0 Å². The van der Waals surface area contributed by atoms with Crippen molar-refractivity contribution in [3.8, 4) is 0 Å². The summed E-state index contributed by atoms with van der Waals surface area (Å²) in [6, 6.07) is 4.37. The van der Waals surface area contributed by atoms with Gasteiger partial charge in [-0.05, 0) is 26.0 Å². The molecule has 0 bridgehead atoms. The van der Waals surface area contributed by atoms with Gasteiger partial charge in [-0.1, -0.05) is 0 Å². The Bertz CT molecular complexity index is 601. The van der Waals surface area contributed by atoms with Gasteiger partial charge in [-0.2, -0.15) is 0 Å². The summed E-state index contributed by atoms with van der Waals surface area (Å²) in [6.45, 7) is 3.52. The fraction of sp³-hybridized carbons (Fsp3) is 0.364. The van der Waals surface area contributed by atoms with E-state index in [-0.39, 0.29) is 16.6 Å². The Hall–Kier alpha value is -1.96. The van der Waals surface area contributed by atoms with Crippen LogP contribution in [0.1, 0.15) is 13.8 Å². The molecule has 7 nitrogen and oxygen atoms in total. The monoisotopic (exact) mass is 285 g/mol. The van der Waals surface area contributed by atoms with E-state index in [1.54, 1.807) is 13.8 Å². The molecule has 104 valence electrons. The number of amides is 2. The molecule has 1 aromatic rings. The molecule has 2 amide bonds. The predicted octanol–water partition coefficient (Wildman–Crippen LogP) is 2.17. The highest BCUT2D eigenvalue weighted by Gasteiger charge is 2.12. The van der Waals surface area contributed by atoms with Crippen LogP contribution in [-0.4, -0.2) is 27.5 Å². The van der Waals surface area contributed by atoms with Gasteiger partial charge >= 0.3 is 6.03 Å². The van der Waals surface area contributed by atoms with E-state index in [2.05, 4.69) is 9.68 Å². The number of hydrogen-bond donors (Lipinski definition) is 1. The minimum Gasteiger partial charge on any atom is -0.334 e. The number of nitrogens with one attached hydrogen (secondary N) is 1. The van der Waals surface area contributed by atoms with Crippen molar-refractivity contribution in [3.05, 3.63) is 34.4 Å². The van der Waals surface area contributed by atoms with Crippen LogP contribution in [-0.2, 0) is 9.73 Å². The van der Waals surface area contributed by atoms with Crippen LogP contribution >= 0.6 is 0 Å². The SMILES string of the molecule is CC(C)NC(=O)N=S(C)(=O)c1ccc([N+](=O)[O-])cc1. The summed E-state index contributed by atoms with van der Waals surface area (Å²) in [6.07, 6.45) is 1.31. The van der Waals surface area contributed by atoms with Crippen LogP contribution in [0.25, 0.3) is 0 Å². The molecule has 8 heteroatoms. The summed E-state index contributed by atoms with van der Waals surface area (Å²) < 4.78 is 15.9. The number of hydrogen-bond acceptors (Lipinski definition) is 4. The van der Waals surface area contributed by atoms with E-state index in [0.29, 0.717) is 0 Å². The van der Waals surface area contributed by atoms with E-state index in [4.69, 9.17) is 0 Å². The molecule has 1 rings (SSSR count). The van der Waals surface area contributed by atoms with Gasteiger partial charge in [-0.3, -0.25) is 10.1 Å². The number of rotatable bonds is 3. The number of nitrogens with zero attached hydrogens (tertiary/aromatic N) is 2. The lowest BCUT2D eigenvalue weighted by molar-refractivity contribution is -0.384. The maximum absolute atomic E-state index is 12.3. The molecule has 0 aliphatic rings. The van der Waals surface area contributed by atoms with Crippen LogP contribution in [0.3, 0.4) is 0 Å². The molecule has 0 radical (unpaired) electrons. The van der Waals surface area contributed by atoms with Gasteiger partial charge in [0.2, 0.25) is 0 Å². The third-order valence-electron chi connectivity index (χ3n) is 2.15. The molecule has 1 aromatic carbocycles. The Morgan fingerprint density at radius 3 is 2.32 bits per heavy atom. The molecular weight excluding hydrogens is 270 g/mol. The zero-order valence-corrected chi connectivity index (χ0v) is 11.6. The smallest absolute Gasteiger partial charge is 0.334 e. The maximum Gasteiger partial charge on any atom is 0.349 e. The molecule has 1 N–H and O–H groups in total. The average molecular weight is 285 g/mol. The van der Waals surface area contributed by atoms with Gasteiger partial charge in [-0.25, -0.2) is 9.00 Å². The molecule has 0 aromatic heterocycles. The minimum atomic E-state index is -2.91. The van der Waals surface area contributed by atoms with Gasteiger partial charge < -0.3 is 5.32 Å². The van der Waals surface area contributed by atoms with Crippen molar-refractivity contribution in [1.82, 2.24) is 5.32 Å². The summed E-state index contributed by atoms with van der Waals surface area (Å²) in [5.74, 6) is 0. The normalized spacial score (nSPS) is 13.7. The third kappa shape index (κ3) is 4.32. The second kappa shape index (κ2) is 5.79. The first-order valence-electron chi connectivity index (χ1n) is 5.49. The molecule has 0 saturated carbocycles. The Morgan fingerprint density at radius 1 is 1.37 bits per heavy atom. The zero-order chi connectivity index (χ0) is 14.6. The Morgan fingerprint density at radius 2 is 1.89 bits per heavy atom. The van der Waals surface area contributed by atoms with Crippen molar-refractivity contribution in [2.45, 2.75) is 24.8 Å². The topological polar surface area (TPSA) is 102 Å². The molecule has 0 saturated heterocycles. The van der Waals surface area contributed by atoms with E-state index in [1.165, 1.54) is 30.5 Å². The van der Waals surface area contributed by atoms with Crippen LogP contribution in [0.5, 0.6) is 0 Å². The van der Waals surface area contributed by atoms with Crippen molar-refractivity contribution in [3.63, 3.8) is 0 Å². The Kier molecular flexibility index (Phi) is 4.60. The van der Waals surface area contributed by atoms with Gasteiger partial charge in [0.15, 0.2) is 0 Å². The fourth-order valence-corrected chi connectivity index (χ4v) is 2.42. The van der Waals surface area contributed by atoms with Crippen molar-refractivity contribution in [1.29, 1.82) is 0 Å². The van der Waals surface area contributed by atoms with Crippen molar-refractivity contribution < 1.29 is 13.9 Å². The van der Waals surface area contributed by atoms with Gasteiger partial charge in [-0.15, -0.1) is 4.36 Å². The lowest BCUT2D eigenvalue weighted by Gasteiger charge is -2.07. The van der Waals surface area contributed by atoms with Gasteiger partial charge in [0.05, 0.1) is 14.7 Å². The summed E-state index contributed by atoms with van der Waals surface area (Å²) in [4.78, 5) is 21.7. The highest BCUT2D eigenvalue weighted by atomic mass is 32.2. The number of carbonyl (C=O) groups is 1. The van der Waals surface area contributed by atoms with Crippen molar-refractivity contribution in [2.75, 3.05) is 6.26 Å². The number of nitro groups is 1. The predicted molar refractivity (Wildman–Crippen MR) is 71.5 cm³/mol. The van der Waals surface area contributed by atoms with Crippen LogP contribution in [0, 0.1) is 10.1 Å². The summed E-state index contributed by atoms with van der Waals surface area (Å²) in [5.41, 5.74) is -0.106. The Labute approximate surface area is 111 Å². The molecule has 19 heavy (non-hydrogen) atoms. The van der Waals surface area contributed by atoms with Crippen LogP contribution in [0.4, 0.5) is 10.5 Å². The quantitative estimate of drug-likeness (QED) is 0.679. The standard InChI is InChI=1S/C11H15N3O4S/c1-8(2)12-11(15)13-19(3,18)10-6-4-9(5-7-10)14(16)17/h4-8H,1-3H3,(H,12,15). The van der Waals surface area contributed by atoms with Crippen molar-refractivity contribution in [2.24, 2.45) is 4.36 Å². The van der Waals surface area contributed by atoms with Crippen LogP contribution in [0.15, 0.2) is 33.5 Å². The number of nitro benzene ring substituents is 1. The number of urea groups is 1. The molecule has 0 aliphatic heterocycles. The summed E-state index contributed by atoms with van der Waals surface area (Å²) >= 11 is 0. The van der Waals surface area contributed by atoms with E-state index in [1.807, 2.05) is 0 Å². The highest BCUT2D eigenvalue weighted by molar-refractivity contribution is 7.93. The van der Waals surface area contributed by atoms with E-state index < -0.39 is 20.7 Å². The zero-order valence-electron chi connectivity index (χ0n) is 10.8. The first-order chi connectivity index (χ1) is 8.72. The number of carbonyl (C=O) groups excluding carboxylic acids is 1. The minimum absolute atomic E-state index is 0.106.